The van der Waals surface area contributed by atoms with Gasteiger partial charge in [-0.25, -0.2) is 0 Å². The fourth-order valence-corrected chi connectivity index (χ4v) is 1.92. The highest BCUT2D eigenvalue weighted by molar-refractivity contribution is 5.84. The highest BCUT2D eigenvalue weighted by Crippen LogP contribution is 2.20. The quantitative estimate of drug-likeness (QED) is 0.742. The van der Waals surface area contributed by atoms with Crippen LogP contribution in [0, 0.1) is 6.92 Å². The number of carbonyl (C=O) groups is 2. The highest BCUT2D eigenvalue weighted by Gasteiger charge is 2.17. The second-order valence-corrected chi connectivity index (χ2v) is 4.48. The third-order valence-corrected chi connectivity index (χ3v) is 3.06. The number of benzene rings is 1. The van der Waals surface area contributed by atoms with Crippen LogP contribution >= 0.6 is 0 Å². The Bertz CT molecular complexity index is 485. The van der Waals surface area contributed by atoms with Crippen molar-refractivity contribution in [1.29, 1.82) is 0 Å². The van der Waals surface area contributed by atoms with Gasteiger partial charge in [0.05, 0.1) is 20.6 Å². The van der Waals surface area contributed by atoms with E-state index in [9.17, 15) is 9.59 Å². The van der Waals surface area contributed by atoms with Crippen LogP contribution in [0.4, 0.5) is 0 Å². The van der Waals surface area contributed by atoms with E-state index in [1.54, 1.807) is 7.11 Å². The largest absolute Gasteiger partial charge is 0.496 e. The van der Waals surface area contributed by atoms with Crippen molar-refractivity contribution in [2.24, 2.45) is 0 Å². The third-order valence-electron chi connectivity index (χ3n) is 3.06. The second-order valence-electron chi connectivity index (χ2n) is 4.48. The number of amides is 1. The first-order valence-corrected chi connectivity index (χ1v) is 6.49. The molecule has 20 heavy (non-hydrogen) atoms. The minimum absolute atomic E-state index is 0.0278. The molecule has 0 aliphatic heterocycles. The van der Waals surface area contributed by atoms with E-state index in [1.165, 1.54) is 12.0 Å². The molecule has 5 nitrogen and oxygen atoms in total. The molecule has 1 aromatic rings. The van der Waals surface area contributed by atoms with Crippen LogP contribution in [0.2, 0.25) is 0 Å². The zero-order chi connectivity index (χ0) is 15.1. The molecule has 0 bridgehead atoms. The molecule has 0 saturated carbocycles. The van der Waals surface area contributed by atoms with Crippen LogP contribution in [0.1, 0.15) is 18.1 Å². The van der Waals surface area contributed by atoms with Gasteiger partial charge in [0.2, 0.25) is 5.91 Å². The molecule has 0 radical (unpaired) electrons. The summed E-state index contributed by atoms with van der Waals surface area (Å²) in [5, 5.41) is 0. The maximum absolute atomic E-state index is 12.2. The van der Waals surface area contributed by atoms with Gasteiger partial charge in [-0.15, -0.1) is 0 Å². The molecule has 0 heterocycles. The molecule has 110 valence electrons. The Balaban J connectivity index is 2.83. The number of likely N-dealkylation sites (N-methyl/N-ethyl adjacent to an activating group) is 1. The van der Waals surface area contributed by atoms with Crippen LogP contribution in [0.15, 0.2) is 18.2 Å². The van der Waals surface area contributed by atoms with E-state index in [1.807, 2.05) is 32.0 Å². The fraction of sp³-hybridized carbons (Fsp3) is 0.467. The Morgan fingerprint density at radius 3 is 2.50 bits per heavy atom. The molecule has 0 aliphatic carbocycles. The number of ether oxygens (including phenoxy) is 2. The molecule has 1 rings (SSSR count). The number of rotatable bonds is 6. The fourth-order valence-electron chi connectivity index (χ4n) is 1.92. The minimum Gasteiger partial charge on any atom is -0.496 e. The van der Waals surface area contributed by atoms with Crippen molar-refractivity contribution >= 4 is 11.9 Å². The van der Waals surface area contributed by atoms with Crippen molar-refractivity contribution in [3.05, 3.63) is 29.3 Å². The summed E-state index contributed by atoms with van der Waals surface area (Å²) in [6.45, 7) is 4.22. The third kappa shape index (κ3) is 4.26. The summed E-state index contributed by atoms with van der Waals surface area (Å²) in [4.78, 5) is 25.0. The molecule has 1 aromatic carbocycles. The van der Waals surface area contributed by atoms with Gasteiger partial charge in [0.1, 0.15) is 12.3 Å². The Kier molecular flexibility index (Phi) is 6.03. The van der Waals surface area contributed by atoms with Gasteiger partial charge >= 0.3 is 5.97 Å². The van der Waals surface area contributed by atoms with Gasteiger partial charge in [-0.1, -0.05) is 17.7 Å². The zero-order valence-electron chi connectivity index (χ0n) is 12.4. The summed E-state index contributed by atoms with van der Waals surface area (Å²) < 4.78 is 9.84. The molecule has 0 aliphatic rings. The number of hydrogen-bond donors (Lipinski definition) is 0. The van der Waals surface area contributed by atoms with E-state index in [2.05, 4.69) is 4.74 Å². The van der Waals surface area contributed by atoms with Crippen LogP contribution < -0.4 is 4.74 Å². The zero-order valence-corrected chi connectivity index (χ0v) is 12.4. The SMILES string of the molecule is CCN(CC(=O)OC)C(=O)Cc1cc(C)ccc1OC. The number of esters is 1. The van der Waals surface area contributed by atoms with E-state index in [4.69, 9.17) is 4.74 Å². The standard InChI is InChI=1S/C15H21NO4/c1-5-16(10-15(18)20-4)14(17)9-12-8-11(2)6-7-13(12)19-3/h6-8H,5,9-10H2,1-4H3. The van der Waals surface area contributed by atoms with Gasteiger partial charge in [-0.2, -0.15) is 0 Å². The number of aryl methyl sites for hydroxylation is 1. The summed E-state index contributed by atoms with van der Waals surface area (Å²) in [6.07, 6.45) is 0.204. The van der Waals surface area contributed by atoms with Crippen molar-refractivity contribution in [3.63, 3.8) is 0 Å². The van der Waals surface area contributed by atoms with E-state index in [-0.39, 0.29) is 18.9 Å². The molecule has 0 aromatic heterocycles. The average Bonchev–Trinajstić information content (AvgIpc) is 2.44. The van der Waals surface area contributed by atoms with Crippen LogP contribution in [0.5, 0.6) is 5.75 Å². The Morgan fingerprint density at radius 1 is 1.25 bits per heavy atom. The van der Waals surface area contributed by atoms with Crippen LogP contribution in [-0.2, 0) is 20.7 Å². The molecule has 0 atom stereocenters. The van der Waals surface area contributed by atoms with E-state index in [0.29, 0.717) is 12.3 Å². The van der Waals surface area contributed by atoms with Crippen molar-refractivity contribution in [3.8, 4) is 5.75 Å². The van der Waals surface area contributed by atoms with Crippen molar-refractivity contribution in [2.75, 3.05) is 27.3 Å². The average molecular weight is 279 g/mol. The first-order valence-electron chi connectivity index (χ1n) is 6.49. The predicted octanol–water partition coefficient (Wildman–Crippen LogP) is 1.57. The summed E-state index contributed by atoms with van der Waals surface area (Å²) in [6, 6.07) is 5.69. The topological polar surface area (TPSA) is 55.8 Å². The Morgan fingerprint density at radius 2 is 1.95 bits per heavy atom. The molecule has 0 unspecified atom stereocenters. The van der Waals surface area contributed by atoms with Crippen LogP contribution in [0.3, 0.4) is 0 Å². The second kappa shape index (κ2) is 7.53. The first-order chi connectivity index (χ1) is 9.51. The molecular weight excluding hydrogens is 258 g/mol. The van der Waals surface area contributed by atoms with Gasteiger partial charge in [0.15, 0.2) is 0 Å². The molecule has 0 fully saturated rings. The Hall–Kier alpha value is -2.04. The van der Waals surface area contributed by atoms with Gasteiger partial charge in [0.25, 0.3) is 0 Å². The predicted molar refractivity (Wildman–Crippen MR) is 75.7 cm³/mol. The lowest BCUT2D eigenvalue weighted by Crippen LogP contribution is -2.37. The number of hydrogen-bond acceptors (Lipinski definition) is 4. The molecule has 1 amide bonds. The maximum Gasteiger partial charge on any atom is 0.325 e. The molecule has 5 heteroatoms. The lowest BCUT2D eigenvalue weighted by Gasteiger charge is -2.20. The molecule has 0 spiro atoms. The van der Waals surface area contributed by atoms with Crippen molar-refractivity contribution < 1.29 is 19.1 Å². The van der Waals surface area contributed by atoms with Crippen LogP contribution in [-0.4, -0.2) is 44.1 Å². The van der Waals surface area contributed by atoms with E-state index < -0.39 is 5.97 Å². The minimum atomic E-state index is -0.420. The van der Waals surface area contributed by atoms with Gasteiger partial charge in [0, 0.05) is 12.1 Å². The summed E-state index contributed by atoms with van der Waals surface area (Å²) in [7, 11) is 2.88. The lowest BCUT2D eigenvalue weighted by atomic mass is 10.1. The van der Waals surface area contributed by atoms with E-state index in [0.717, 1.165) is 11.1 Å². The van der Waals surface area contributed by atoms with Gasteiger partial charge in [-0.05, 0) is 19.9 Å². The number of nitrogens with zero attached hydrogens (tertiary/aromatic N) is 1. The van der Waals surface area contributed by atoms with Crippen molar-refractivity contribution in [2.45, 2.75) is 20.3 Å². The Labute approximate surface area is 119 Å². The number of carbonyl (C=O) groups excluding carboxylic acids is 2. The monoisotopic (exact) mass is 279 g/mol. The summed E-state index contributed by atoms with van der Waals surface area (Å²) >= 11 is 0. The number of methoxy groups -OCH3 is 2. The van der Waals surface area contributed by atoms with Gasteiger partial charge in [-0.3, -0.25) is 9.59 Å². The maximum atomic E-state index is 12.2. The smallest absolute Gasteiger partial charge is 0.325 e. The molecule has 0 saturated heterocycles. The molecule has 0 N–H and O–H groups in total. The summed E-state index contributed by atoms with van der Waals surface area (Å²) in [5.74, 6) is 0.135. The summed E-state index contributed by atoms with van der Waals surface area (Å²) in [5.41, 5.74) is 1.88. The van der Waals surface area contributed by atoms with Crippen LogP contribution in [0.25, 0.3) is 0 Å². The highest BCUT2D eigenvalue weighted by atomic mass is 16.5. The molecular formula is C15H21NO4. The normalized spacial score (nSPS) is 10.0. The van der Waals surface area contributed by atoms with Gasteiger partial charge < -0.3 is 14.4 Å². The lowest BCUT2D eigenvalue weighted by molar-refractivity contribution is -0.146. The van der Waals surface area contributed by atoms with E-state index >= 15 is 0 Å². The first kappa shape index (κ1) is 16.0. The van der Waals surface area contributed by atoms with Crippen molar-refractivity contribution in [1.82, 2.24) is 4.90 Å².